The normalized spacial score (nSPS) is 17.7. The molecular formula is C29H28FN7O3. The van der Waals surface area contributed by atoms with Gasteiger partial charge < -0.3 is 21.1 Å². The van der Waals surface area contributed by atoms with Gasteiger partial charge in [0.15, 0.2) is 5.65 Å². The molecule has 2 aromatic heterocycles. The highest BCUT2D eigenvalue weighted by Gasteiger charge is 2.32. The molecule has 0 radical (unpaired) electrons. The first-order valence-corrected chi connectivity index (χ1v) is 13.2. The summed E-state index contributed by atoms with van der Waals surface area (Å²) in [5.74, 6) is 0.0408. The van der Waals surface area contributed by atoms with Crippen LogP contribution < -0.4 is 16.2 Å². The lowest BCUT2D eigenvalue weighted by atomic mass is 10.0. The first kappa shape index (κ1) is 25.5. The van der Waals surface area contributed by atoms with Crippen molar-refractivity contribution in [3.63, 3.8) is 0 Å². The van der Waals surface area contributed by atoms with Crippen LogP contribution in [-0.2, 0) is 9.59 Å². The third kappa shape index (κ3) is 5.09. The van der Waals surface area contributed by atoms with Crippen LogP contribution in [0, 0.1) is 11.7 Å². The molecule has 0 bridgehead atoms. The quantitative estimate of drug-likeness (QED) is 0.205. The number of halogens is 1. The summed E-state index contributed by atoms with van der Waals surface area (Å²) in [5, 5.41) is 5.51. The molecule has 1 atom stereocenters. The Morgan fingerprint density at radius 1 is 1.05 bits per heavy atom. The van der Waals surface area contributed by atoms with Gasteiger partial charge in [-0.2, -0.15) is 5.10 Å². The molecule has 6 rings (SSSR count). The van der Waals surface area contributed by atoms with E-state index in [2.05, 4.69) is 9.97 Å². The Bertz CT molecular complexity index is 1630. The third-order valence-electron chi connectivity index (χ3n) is 7.23. The number of carbonyl (C=O) groups excluding carboxylic acids is 2. The molecule has 2 amide bonds. The van der Waals surface area contributed by atoms with E-state index in [0.717, 1.165) is 31.2 Å². The van der Waals surface area contributed by atoms with Gasteiger partial charge in [0.1, 0.15) is 40.7 Å². The summed E-state index contributed by atoms with van der Waals surface area (Å²) >= 11 is 0. The van der Waals surface area contributed by atoms with E-state index in [1.807, 2.05) is 12.1 Å². The van der Waals surface area contributed by atoms with Crippen LogP contribution in [0.1, 0.15) is 31.7 Å². The summed E-state index contributed by atoms with van der Waals surface area (Å²) in [5.41, 5.74) is 13.8. The Morgan fingerprint density at radius 3 is 2.58 bits per heavy atom. The summed E-state index contributed by atoms with van der Waals surface area (Å²) in [7, 11) is 0. The van der Waals surface area contributed by atoms with E-state index in [4.69, 9.17) is 21.3 Å². The van der Waals surface area contributed by atoms with Crippen LogP contribution in [0.5, 0.6) is 11.5 Å². The predicted molar refractivity (Wildman–Crippen MR) is 146 cm³/mol. The molecule has 3 heterocycles. The molecule has 1 saturated carbocycles. The fourth-order valence-electron chi connectivity index (χ4n) is 5.07. The molecule has 0 spiro atoms. The number of carbonyl (C=O) groups is 2. The molecular weight excluding hydrogens is 513 g/mol. The van der Waals surface area contributed by atoms with Crippen molar-refractivity contribution in [1.29, 1.82) is 0 Å². The number of aromatic nitrogens is 4. The standard InChI is InChI=1S/C29H28FN7O3/c30-19-3-1-5-22(14-19)40-21-10-8-18(9-11-21)25-24-26(31)33-16-34-28(24)37(35-25)20-4-2-12-36(15-20)29(39)23(27(32)38)13-17-6-7-17/h1,3,5,8-11,13-14,16-17,20H,2,4,6-7,12,15H2,(H2,32,38)(H2,31,33,34)/b23-13+/t20-/m0/s1. The van der Waals surface area contributed by atoms with Crippen LogP contribution in [-0.4, -0.2) is 49.6 Å². The summed E-state index contributed by atoms with van der Waals surface area (Å²) < 4.78 is 21.1. The molecule has 1 aliphatic heterocycles. The van der Waals surface area contributed by atoms with Crippen molar-refractivity contribution < 1.29 is 18.7 Å². The van der Waals surface area contributed by atoms with Gasteiger partial charge in [0.2, 0.25) is 0 Å². The van der Waals surface area contributed by atoms with Gasteiger partial charge in [0.25, 0.3) is 11.8 Å². The van der Waals surface area contributed by atoms with E-state index in [1.54, 1.807) is 39.9 Å². The zero-order chi connectivity index (χ0) is 27.8. The van der Waals surface area contributed by atoms with Gasteiger partial charge in [-0.05, 0) is 68.0 Å². The smallest absolute Gasteiger partial charge is 0.259 e. The minimum atomic E-state index is -0.698. The molecule has 10 nitrogen and oxygen atoms in total. The SMILES string of the molecule is NC(=O)/C(=C\C1CC1)C(=O)N1CCC[C@H](n2nc(-c3ccc(Oc4cccc(F)c4)cc3)c3c(N)ncnc32)C1. The number of hydrogen-bond acceptors (Lipinski definition) is 7. The van der Waals surface area contributed by atoms with E-state index in [1.165, 1.54) is 18.5 Å². The highest BCUT2D eigenvalue weighted by atomic mass is 19.1. The maximum absolute atomic E-state index is 13.5. The van der Waals surface area contributed by atoms with Gasteiger partial charge >= 0.3 is 0 Å². The fraction of sp³-hybridized carbons (Fsp3) is 0.276. The summed E-state index contributed by atoms with van der Waals surface area (Å²) in [6.45, 7) is 0.884. The summed E-state index contributed by atoms with van der Waals surface area (Å²) in [4.78, 5) is 35.6. The molecule has 2 fully saturated rings. The van der Waals surface area contributed by atoms with Gasteiger partial charge in [-0.3, -0.25) is 9.59 Å². The van der Waals surface area contributed by atoms with Crippen molar-refractivity contribution in [2.75, 3.05) is 18.8 Å². The van der Waals surface area contributed by atoms with Crippen LogP contribution in [0.15, 0.2) is 66.5 Å². The predicted octanol–water partition coefficient (Wildman–Crippen LogP) is 3.99. The van der Waals surface area contributed by atoms with Crippen LogP contribution >= 0.6 is 0 Å². The minimum Gasteiger partial charge on any atom is -0.457 e. The van der Waals surface area contributed by atoms with Crippen molar-refractivity contribution in [3.05, 3.63) is 72.3 Å². The maximum atomic E-state index is 13.5. The average molecular weight is 542 g/mol. The summed E-state index contributed by atoms with van der Waals surface area (Å²) in [6.07, 6.45) is 6.54. The van der Waals surface area contributed by atoms with Crippen LogP contribution in [0.4, 0.5) is 10.2 Å². The molecule has 4 N–H and O–H groups in total. The molecule has 2 aliphatic rings. The Kier molecular flexibility index (Phi) is 6.63. The lowest BCUT2D eigenvalue weighted by Gasteiger charge is -2.33. The van der Waals surface area contributed by atoms with Crippen LogP contribution in [0.2, 0.25) is 0 Å². The highest BCUT2D eigenvalue weighted by Crippen LogP contribution is 2.36. The molecule has 4 aromatic rings. The number of primary amides is 1. The van der Waals surface area contributed by atoms with Crippen molar-refractivity contribution in [2.45, 2.75) is 31.7 Å². The van der Waals surface area contributed by atoms with Crippen LogP contribution in [0.25, 0.3) is 22.3 Å². The number of amides is 2. The number of nitrogens with two attached hydrogens (primary N) is 2. The molecule has 1 aliphatic carbocycles. The number of allylic oxidation sites excluding steroid dienone is 1. The number of rotatable bonds is 7. The Hall–Kier alpha value is -4.80. The molecule has 40 heavy (non-hydrogen) atoms. The monoisotopic (exact) mass is 541 g/mol. The number of piperidine rings is 1. The van der Waals surface area contributed by atoms with E-state index in [0.29, 0.717) is 47.1 Å². The summed E-state index contributed by atoms with van der Waals surface area (Å²) in [6, 6.07) is 13.0. The van der Waals surface area contributed by atoms with Crippen molar-refractivity contribution >= 4 is 28.7 Å². The topological polar surface area (TPSA) is 142 Å². The molecule has 0 unspecified atom stereocenters. The number of benzene rings is 2. The lowest BCUT2D eigenvalue weighted by Crippen LogP contribution is -2.43. The van der Waals surface area contributed by atoms with Gasteiger partial charge in [-0.1, -0.05) is 12.1 Å². The minimum absolute atomic E-state index is 0.0567. The number of hydrogen-bond donors (Lipinski definition) is 2. The van der Waals surface area contributed by atoms with Gasteiger partial charge in [-0.15, -0.1) is 0 Å². The zero-order valence-electron chi connectivity index (χ0n) is 21.7. The lowest BCUT2D eigenvalue weighted by molar-refractivity contribution is -0.131. The number of fused-ring (bicyclic) bond motifs is 1. The van der Waals surface area contributed by atoms with E-state index < -0.39 is 5.91 Å². The maximum Gasteiger partial charge on any atom is 0.259 e. The van der Waals surface area contributed by atoms with E-state index >= 15 is 0 Å². The third-order valence-corrected chi connectivity index (χ3v) is 7.23. The Labute approximate surface area is 229 Å². The van der Waals surface area contributed by atoms with Crippen molar-refractivity contribution in [3.8, 4) is 22.8 Å². The number of nitrogens with zero attached hydrogens (tertiary/aromatic N) is 5. The second-order valence-electron chi connectivity index (χ2n) is 10.2. The first-order chi connectivity index (χ1) is 19.4. The Balaban J connectivity index is 1.29. The van der Waals surface area contributed by atoms with Crippen molar-refractivity contribution in [1.82, 2.24) is 24.6 Å². The molecule has 2 aromatic carbocycles. The van der Waals surface area contributed by atoms with Gasteiger partial charge in [0, 0.05) is 24.7 Å². The molecule has 11 heteroatoms. The van der Waals surface area contributed by atoms with Crippen LogP contribution in [0.3, 0.4) is 0 Å². The Morgan fingerprint density at radius 2 is 1.85 bits per heavy atom. The van der Waals surface area contributed by atoms with Gasteiger partial charge in [0.05, 0.1) is 11.4 Å². The molecule has 1 saturated heterocycles. The second-order valence-corrected chi connectivity index (χ2v) is 10.2. The average Bonchev–Trinajstić information content (AvgIpc) is 3.69. The molecule has 204 valence electrons. The number of nitrogen functional groups attached to an aromatic ring is 1. The van der Waals surface area contributed by atoms with E-state index in [-0.39, 0.29) is 29.3 Å². The zero-order valence-corrected chi connectivity index (χ0v) is 21.7. The first-order valence-electron chi connectivity index (χ1n) is 13.2. The largest absolute Gasteiger partial charge is 0.457 e. The fourth-order valence-corrected chi connectivity index (χ4v) is 5.07. The van der Waals surface area contributed by atoms with Gasteiger partial charge in [-0.25, -0.2) is 19.0 Å². The van der Waals surface area contributed by atoms with E-state index in [9.17, 15) is 14.0 Å². The number of anilines is 1. The van der Waals surface area contributed by atoms with Crippen molar-refractivity contribution in [2.24, 2.45) is 11.7 Å². The number of ether oxygens (including phenoxy) is 1. The number of likely N-dealkylation sites (tertiary alicyclic amines) is 1. The second kappa shape index (κ2) is 10.4. The highest BCUT2D eigenvalue weighted by molar-refractivity contribution is 6.17.